The second-order valence-electron chi connectivity index (χ2n) is 15.4. The van der Waals surface area contributed by atoms with E-state index < -0.39 is 56.7 Å². The Morgan fingerprint density at radius 3 is 2.50 bits per heavy atom. The molecule has 2 heterocycles. The van der Waals surface area contributed by atoms with Crippen molar-refractivity contribution >= 4 is 33.8 Å². The Bertz CT molecular complexity index is 1800. The molecule has 278 valence electrons. The summed E-state index contributed by atoms with van der Waals surface area (Å²) in [4.78, 5) is 44.1. The van der Waals surface area contributed by atoms with E-state index in [1.165, 1.54) is 0 Å². The molecule has 1 saturated heterocycles. The molecule has 0 spiro atoms. The summed E-state index contributed by atoms with van der Waals surface area (Å²) in [5.41, 5.74) is 2.91. The third-order valence-electron chi connectivity index (χ3n) is 11.6. The van der Waals surface area contributed by atoms with Gasteiger partial charge in [0.05, 0.1) is 24.0 Å². The quantitative estimate of drug-likeness (QED) is 0.332. The number of allylic oxidation sites excluding steroid dienone is 1. The van der Waals surface area contributed by atoms with Crippen LogP contribution in [0, 0.1) is 11.8 Å². The van der Waals surface area contributed by atoms with E-state index in [4.69, 9.17) is 4.74 Å². The van der Waals surface area contributed by atoms with Gasteiger partial charge >= 0.3 is 0 Å². The van der Waals surface area contributed by atoms with E-state index in [9.17, 15) is 22.8 Å². The first-order valence-corrected chi connectivity index (χ1v) is 20.7. The Kier molecular flexibility index (Phi) is 11.0. The summed E-state index contributed by atoms with van der Waals surface area (Å²) in [7, 11) is -3.82. The second-order valence-corrected chi connectivity index (χ2v) is 17.4. The lowest BCUT2D eigenvalue weighted by atomic mass is 9.83. The van der Waals surface area contributed by atoms with Crippen LogP contribution in [0.25, 0.3) is 17.2 Å². The van der Waals surface area contributed by atoms with Gasteiger partial charge in [-0.3, -0.25) is 19.1 Å². The molecule has 3 amide bonds. The molecular weight excluding hydrogens is 677 g/mol. The van der Waals surface area contributed by atoms with Gasteiger partial charge in [0.1, 0.15) is 11.6 Å². The van der Waals surface area contributed by atoms with Gasteiger partial charge in [-0.2, -0.15) is 0 Å². The molecular formula is C41H52N4O6S. The number of carbonyl (C=O) groups excluding carboxylic acids is 3. The molecule has 2 aromatic rings. The number of fused-ring (bicyclic) bond motifs is 7. The molecule has 3 saturated carbocycles. The highest BCUT2D eigenvalue weighted by atomic mass is 32.2. The molecule has 6 bridgehead atoms. The minimum Gasteiger partial charge on any atom is -0.372 e. The van der Waals surface area contributed by atoms with Gasteiger partial charge in [0.25, 0.3) is 5.91 Å². The van der Waals surface area contributed by atoms with Gasteiger partial charge in [-0.25, -0.2) is 8.42 Å². The van der Waals surface area contributed by atoms with Gasteiger partial charge in [0.15, 0.2) is 0 Å². The monoisotopic (exact) mass is 728 g/mol. The first-order valence-electron chi connectivity index (χ1n) is 19.2. The summed E-state index contributed by atoms with van der Waals surface area (Å²) in [6, 6.07) is 15.4. The lowest BCUT2D eigenvalue weighted by molar-refractivity contribution is -0.142. The van der Waals surface area contributed by atoms with E-state index in [1.807, 2.05) is 12.1 Å². The predicted molar refractivity (Wildman–Crippen MR) is 201 cm³/mol. The van der Waals surface area contributed by atoms with Crippen molar-refractivity contribution in [2.45, 2.75) is 113 Å². The molecule has 52 heavy (non-hydrogen) atoms. The first kappa shape index (κ1) is 36.6. The average molecular weight is 729 g/mol. The van der Waals surface area contributed by atoms with Gasteiger partial charge < -0.3 is 20.3 Å². The number of amides is 3. The smallest absolute Gasteiger partial charge is 0.259 e. The highest BCUT2D eigenvalue weighted by molar-refractivity contribution is 7.91. The molecule has 3 N–H and O–H groups in total. The van der Waals surface area contributed by atoms with E-state index in [-0.39, 0.29) is 31.2 Å². The van der Waals surface area contributed by atoms with Crippen molar-refractivity contribution in [3.8, 4) is 11.1 Å². The average Bonchev–Trinajstić information content (AvgIpc) is 4.08. The summed E-state index contributed by atoms with van der Waals surface area (Å²) in [6.45, 7) is 5.07. The molecule has 2 aromatic carbocycles. The number of ether oxygens (including phenoxy) is 1. The molecule has 7 rings (SSSR count). The van der Waals surface area contributed by atoms with Crippen LogP contribution in [-0.2, 0) is 35.8 Å². The van der Waals surface area contributed by atoms with Crippen molar-refractivity contribution in [3.63, 3.8) is 0 Å². The SMILES string of the molecule is C=C[C@H]1C[C@]1(NC(=O)[C@@H]1C[C@@H]2CN1C(=O)[C@H](C1CCCCC1)NCCCC/C=C/c1cccc(c1)-c1cccc(c1)CO2)C(=O)NS(=O)(=O)C1CC1. The summed E-state index contributed by atoms with van der Waals surface area (Å²) < 4.78 is 34.1. The predicted octanol–water partition coefficient (Wildman–Crippen LogP) is 5.24. The van der Waals surface area contributed by atoms with Crippen LogP contribution >= 0.6 is 0 Å². The maximum atomic E-state index is 14.7. The van der Waals surface area contributed by atoms with Crippen molar-refractivity contribution in [1.29, 1.82) is 0 Å². The standard InChI is InChI=1S/C41H52N4O6S/c1-2-33-25-41(33,40(48)44-52(49,50)35-19-20-35)43-38(46)36-24-34-26-45(36)39(47)37(30-15-7-5-8-16-30)42-21-9-4-3-6-12-28-13-10-17-31(22-28)32-18-11-14-29(23-32)27-51-34/h2,6,10-14,17-18,22-23,30,33-37,42H,1,3-5,7-9,15-16,19-21,24-27H2,(H,43,46)(H,44,48)/b12-6+/t33-,34+,36-,37-,41+/m0/s1. The largest absolute Gasteiger partial charge is 0.372 e. The van der Waals surface area contributed by atoms with Crippen molar-refractivity contribution in [1.82, 2.24) is 20.3 Å². The molecule has 2 aliphatic heterocycles. The van der Waals surface area contributed by atoms with E-state index in [0.29, 0.717) is 26.0 Å². The second kappa shape index (κ2) is 15.7. The third-order valence-corrected chi connectivity index (χ3v) is 13.4. The van der Waals surface area contributed by atoms with Crippen molar-refractivity contribution in [2.75, 3.05) is 13.1 Å². The van der Waals surface area contributed by atoms with E-state index in [0.717, 1.165) is 73.6 Å². The van der Waals surface area contributed by atoms with Crippen LogP contribution in [0.15, 0.2) is 67.3 Å². The fourth-order valence-electron chi connectivity index (χ4n) is 8.27. The van der Waals surface area contributed by atoms with E-state index in [1.54, 1.807) is 11.0 Å². The molecule has 0 radical (unpaired) electrons. The normalized spacial score (nSPS) is 29.5. The molecule has 0 unspecified atom stereocenters. The highest BCUT2D eigenvalue weighted by Gasteiger charge is 2.62. The number of hydrogen-bond donors (Lipinski definition) is 3. The van der Waals surface area contributed by atoms with Gasteiger partial charge in [-0.05, 0) is 98.2 Å². The maximum Gasteiger partial charge on any atom is 0.259 e. The summed E-state index contributed by atoms with van der Waals surface area (Å²) >= 11 is 0. The van der Waals surface area contributed by atoms with Crippen LogP contribution in [-0.4, -0.2) is 73.1 Å². The number of carbonyl (C=O) groups is 3. The summed E-state index contributed by atoms with van der Waals surface area (Å²) in [6.07, 6.45) is 15.1. The Morgan fingerprint density at radius 2 is 1.75 bits per heavy atom. The van der Waals surface area contributed by atoms with Crippen LogP contribution in [0.4, 0.5) is 0 Å². The van der Waals surface area contributed by atoms with Crippen LogP contribution in [0.5, 0.6) is 0 Å². The zero-order valence-corrected chi connectivity index (χ0v) is 30.8. The fourth-order valence-corrected chi connectivity index (χ4v) is 9.64. The minimum atomic E-state index is -3.82. The number of benzene rings is 2. The third kappa shape index (κ3) is 8.21. The summed E-state index contributed by atoms with van der Waals surface area (Å²) in [5.74, 6) is -1.58. The van der Waals surface area contributed by atoms with Gasteiger partial charge in [-0.15, -0.1) is 6.58 Å². The number of nitrogens with zero attached hydrogens (tertiary/aromatic N) is 1. The molecule has 0 aromatic heterocycles. The first-order chi connectivity index (χ1) is 25.2. The molecule has 11 heteroatoms. The van der Waals surface area contributed by atoms with Crippen LogP contribution in [0.2, 0.25) is 0 Å². The lowest BCUT2D eigenvalue weighted by Crippen LogP contribution is -2.59. The van der Waals surface area contributed by atoms with Crippen molar-refractivity contribution < 1.29 is 27.5 Å². The van der Waals surface area contributed by atoms with Gasteiger partial charge in [-0.1, -0.05) is 73.9 Å². The van der Waals surface area contributed by atoms with Crippen LogP contribution in [0.1, 0.15) is 88.2 Å². The lowest BCUT2D eigenvalue weighted by Gasteiger charge is -2.35. The summed E-state index contributed by atoms with van der Waals surface area (Å²) in [5, 5.41) is 5.96. The zero-order valence-electron chi connectivity index (χ0n) is 29.9. The number of rotatable bonds is 7. The van der Waals surface area contributed by atoms with E-state index >= 15 is 0 Å². The minimum absolute atomic E-state index is 0.112. The number of nitrogens with one attached hydrogen (secondary N) is 3. The molecule has 3 aliphatic carbocycles. The molecule has 5 atom stereocenters. The number of hydrogen-bond acceptors (Lipinski definition) is 7. The van der Waals surface area contributed by atoms with E-state index in [2.05, 4.69) is 70.5 Å². The van der Waals surface area contributed by atoms with Gasteiger partial charge in [0.2, 0.25) is 21.8 Å². The number of sulfonamides is 1. The van der Waals surface area contributed by atoms with Gasteiger partial charge in [0, 0.05) is 18.9 Å². The molecule has 5 aliphatic rings. The Labute approximate surface area is 307 Å². The molecule has 4 fully saturated rings. The molecule has 10 nitrogen and oxygen atoms in total. The van der Waals surface area contributed by atoms with Crippen molar-refractivity contribution in [3.05, 3.63) is 78.4 Å². The van der Waals surface area contributed by atoms with Crippen LogP contribution in [0.3, 0.4) is 0 Å². The Morgan fingerprint density at radius 1 is 0.981 bits per heavy atom. The van der Waals surface area contributed by atoms with Crippen molar-refractivity contribution in [2.24, 2.45) is 11.8 Å². The maximum absolute atomic E-state index is 14.7. The fraction of sp³-hybridized carbons (Fsp3) is 0.537. The van der Waals surface area contributed by atoms with Crippen LogP contribution < -0.4 is 15.4 Å². The topological polar surface area (TPSA) is 134 Å². The highest BCUT2D eigenvalue weighted by Crippen LogP contribution is 2.45. The Balaban J connectivity index is 1.15. The zero-order chi connectivity index (χ0) is 36.3. The Hall–Kier alpha value is -3.80.